The number of hydrogen-bond donors (Lipinski definition) is 1. The smallest absolute Gasteiger partial charge is 0.225 e. The highest BCUT2D eigenvalue weighted by molar-refractivity contribution is 6.29. The summed E-state index contributed by atoms with van der Waals surface area (Å²) >= 11 is 6.07. The minimum Gasteiger partial charge on any atom is -0.399 e. The van der Waals surface area contributed by atoms with Crippen LogP contribution in [0.3, 0.4) is 0 Å². The molecule has 176 valence electrons. The third-order valence-corrected chi connectivity index (χ3v) is 6.64. The molecule has 2 N–H and O–H groups in total. The molecule has 4 heterocycles. The Bertz CT molecular complexity index is 969. The number of likely N-dealkylation sites (tertiary alicyclic amines) is 2. The normalized spacial score (nSPS) is 19.0. The summed E-state index contributed by atoms with van der Waals surface area (Å²) in [7, 11) is 1.54. The van der Waals surface area contributed by atoms with Gasteiger partial charge in [-0.3, -0.25) is 9.69 Å². The van der Waals surface area contributed by atoms with E-state index >= 15 is 0 Å². The van der Waals surface area contributed by atoms with Crippen LogP contribution in [0.4, 0.5) is 5.95 Å². The van der Waals surface area contributed by atoms with Gasteiger partial charge in [-0.05, 0) is 50.9 Å². The van der Waals surface area contributed by atoms with Gasteiger partial charge in [0.05, 0.1) is 5.69 Å². The molecule has 1 amide bonds. The van der Waals surface area contributed by atoms with Crippen LogP contribution in [0, 0.1) is 11.8 Å². The number of amides is 1. The fourth-order valence-corrected chi connectivity index (χ4v) is 4.82. The molecule has 10 heteroatoms. The number of rotatable bonds is 6. The van der Waals surface area contributed by atoms with Gasteiger partial charge in [-0.25, -0.2) is 15.0 Å². The zero-order chi connectivity index (χ0) is 23.2. The zero-order valence-electron chi connectivity index (χ0n) is 18.9. The molecule has 2 aliphatic heterocycles. The van der Waals surface area contributed by atoms with Crippen LogP contribution in [0.5, 0.6) is 0 Å². The van der Waals surface area contributed by atoms with E-state index < -0.39 is 0 Å². The quantitative estimate of drug-likeness (QED) is 0.391. The fourth-order valence-electron chi connectivity index (χ4n) is 4.65. The number of piperidine rings is 2. The highest BCUT2D eigenvalue weighted by Gasteiger charge is 2.33. The van der Waals surface area contributed by atoms with E-state index in [-0.39, 0.29) is 23.7 Å². The van der Waals surface area contributed by atoms with Gasteiger partial charge in [-0.2, -0.15) is 0 Å². The van der Waals surface area contributed by atoms with E-state index in [0.29, 0.717) is 5.15 Å². The van der Waals surface area contributed by atoms with Crippen molar-refractivity contribution < 1.29 is 9.63 Å². The second-order valence-electron chi connectivity index (χ2n) is 8.60. The molecule has 0 aliphatic carbocycles. The molecule has 2 aliphatic rings. The SMILES string of the molecule is CO/N=C(\c1cccc(Cl)n1)C1CCN(C(=O)C2CCN(Cc3cnc(N)nc3)CC2)CC1. The number of nitrogens with two attached hydrogens (primary N) is 1. The molecule has 0 unspecified atom stereocenters. The van der Waals surface area contributed by atoms with Crippen LogP contribution >= 0.6 is 11.6 Å². The maximum atomic E-state index is 13.2. The summed E-state index contributed by atoms with van der Waals surface area (Å²) in [6.07, 6.45) is 6.94. The molecule has 0 bridgehead atoms. The van der Waals surface area contributed by atoms with Crippen LogP contribution < -0.4 is 5.73 Å². The predicted molar refractivity (Wildman–Crippen MR) is 127 cm³/mol. The molecule has 0 radical (unpaired) electrons. The Kier molecular flexibility index (Phi) is 7.72. The maximum absolute atomic E-state index is 13.2. The third kappa shape index (κ3) is 5.97. The van der Waals surface area contributed by atoms with E-state index in [0.717, 1.165) is 75.4 Å². The van der Waals surface area contributed by atoms with Crippen molar-refractivity contribution in [1.29, 1.82) is 0 Å². The Balaban J connectivity index is 1.28. The van der Waals surface area contributed by atoms with Crippen molar-refractivity contribution in [3.8, 4) is 0 Å². The number of nitrogen functional groups attached to an aromatic ring is 1. The number of anilines is 1. The van der Waals surface area contributed by atoms with Crippen LogP contribution in [0.2, 0.25) is 5.15 Å². The van der Waals surface area contributed by atoms with Crippen LogP contribution in [0.1, 0.15) is 36.9 Å². The lowest BCUT2D eigenvalue weighted by Crippen LogP contribution is -2.46. The van der Waals surface area contributed by atoms with Crippen molar-refractivity contribution in [3.63, 3.8) is 0 Å². The fraction of sp³-hybridized carbons (Fsp3) is 0.522. The van der Waals surface area contributed by atoms with Gasteiger partial charge in [-0.15, -0.1) is 0 Å². The van der Waals surface area contributed by atoms with Crippen molar-refractivity contribution in [2.75, 3.05) is 39.0 Å². The molecule has 0 saturated carbocycles. The molecule has 0 spiro atoms. The summed E-state index contributed by atoms with van der Waals surface area (Å²) in [5.74, 6) is 0.831. The van der Waals surface area contributed by atoms with Gasteiger partial charge in [0.1, 0.15) is 18.0 Å². The van der Waals surface area contributed by atoms with Crippen molar-refractivity contribution in [2.24, 2.45) is 17.0 Å². The number of oxime groups is 1. The summed E-state index contributed by atoms with van der Waals surface area (Å²) in [5.41, 5.74) is 8.13. The first-order chi connectivity index (χ1) is 16.0. The van der Waals surface area contributed by atoms with Gasteiger partial charge in [-0.1, -0.05) is 22.8 Å². The molecule has 0 atom stereocenters. The molecule has 4 rings (SSSR count). The number of nitrogens with zero attached hydrogens (tertiary/aromatic N) is 6. The number of carbonyl (C=O) groups is 1. The molecule has 9 nitrogen and oxygen atoms in total. The highest BCUT2D eigenvalue weighted by Crippen LogP contribution is 2.27. The molecule has 2 fully saturated rings. The monoisotopic (exact) mass is 471 g/mol. The summed E-state index contributed by atoms with van der Waals surface area (Å²) in [4.78, 5) is 35.1. The van der Waals surface area contributed by atoms with Gasteiger partial charge in [0.15, 0.2) is 0 Å². The first-order valence-corrected chi connectivity index (χ1v) is 11.7. The summed E-state index contributed by atoms with van der Waals surface area (Å²) in [6, 6.07) is 5.50. The van der Waals surface area contributed by atoms with Crippen LogP contribution in [-0.4, -0.2) is 69.7 Å². The number of aromatic nitrogens is 3. The van der Waals surface area contributed by atoms with Crippen molar-refractivity contribution in [2.45, 2.75) is 32.2 Å². The molecule has 33 heavy (non-hydrogen) atoms. The summed E-state index contributed by atoms with van der Waals surface area (Å²) < 4.78 is 0. The van der Waals surface area contributed by atoms with E-state index in [9.17, 15) is 4.79 Å². The zero-order valence-corrected chi connectivity index (χ0v) is 19.6. The second kappa shape index (κ2) is 10.9. The topological polar surface area (TPSA) is 110 Å². The van der Waals surface area contributed by atoms with Crippen LogP contribution in [0.25, 0.3) is 0 Å². The van der Waals surface area contributed by atoms with Gasteiger partial charge >= 0.3 is 0 Å². The third-order valence-electron chi connectivity index (χ3n) is 6.43. The van der Waals surface area contributed by atoms with E-state index in [4.69, 9.17) is 22.2 Å². The predicted octanol–water partition coefficient (Wildman–Crippen LogP) is 2.61. The standard InChI is InChI=1S/C23H30ClN7O2/c1-33-29-21(19-3-2-4-20(24)28-19)17-7-11-31(12-8-17)22(32)18-5-9-30(10-6-18)15-16-13-26-23(25)27-14-16/h2-4,13-14,17-18H,5-12,15H2,1H3,(H2,25,26,27)/b29-21-. The van der Waals surface area contributed by atoms with Gasteiger partial charge in [0.2, 0.25) is 11.9 Å². The lowest BCUT2D eigenvalue weighted by molar-refractivity contribution is -0.138. The van der Waals surface area contributed by atoms with E-state index in [1.54, 1.807) is 18.5 Å². The average Bonchev–Trinajstić information content (AvgIpc) is 2.84. The first kappa shape index (κ1) is 23.4. The van der Waals surface area contributed by atoms with Crippen molar-refractivity contribution in [3.05, 3.63) is 47.0 Å². The summed E-state index contributed by atoms with van der Waals surface area (Å²) in [6.45, 7) is 4.00. The van der Waals surface area contributed by atoms with Gasteiger partial charge < -0.3 is 15.5 Å². The van der Waals surface area contributed by atoms with Gasteiger partial charge in [0.25, 0.3) is 0 Å². The Morgan fingerprint density at radius 1 is 1.12 bits per heavy atom. The lowest BCUT2D eigenvalue weighted by atomic mass is 9.88. The Morgan fingerprint density at radius 2 is 1.79 bits per heavy atom. The summed E-state index contributed by atoms with van der Waals surface area (Å²) in [5, 5.41) is 4.67. The molecule has 2 saturated heterocycles. The number of hydrogen-bond acceptors (Lipinski definition) is 8. The van der Waals surface area contributed by atoms with Crippen LogP contribution in [-0.2, 0) is 16.2 Å². The highest BCUT2D eigenvalue weighted by atomic mass is 35.5. The largest absolute Gasteiger partial charge is 0.399 e. The van der Waals surface area contributed by atoms with Gasteiger partial charge in [0, 0.05) is 49.4 Å². The average molecular weight is 472 g/mol. The van der Waals surface area contributed by atoms with Crippen molar-refractivity contribution >= 4 is 29.2 Å². The van der Waals surface area contributed by atoms with Crippen molar-refractivity contribution in [1.82, 2.24) is 24.8 Å². The Labute approximate surface area is 199 Å². The number of carbonyl (C=O) groups excluding carboxylic acids is 1. The molecular formula is C23H30ClN7O2. The molecular weight excluding hydrogens is 442 g/mol. The Morgan fingerprint density at radius 3 is 2.42 bits per heavy atom. The minimum absolute atomic E-state index is 0.0853. The van der Waals surface area contributed by atoms with E-state index in [1.165, 1.54) is 7.11 Å². The number of pyridine rings is 1. The van der Waals surface area contributed by atoms with E-state index in [1.807, 2.05) is 17.0 Å². The maximum Gasteiger partial charge on any atom is 0.225 e. The first-order valence-electron chi connectivity index (χ1n) is 11.3. The lowest BCUT2D eigenvalue weighted by Gasteiger charge is -2.37. The minimum atomic E-state index is 0.0853. The molecule has 0 aromatic carbocycles. The van der Waals surface area contributed by atoms with Crippen LogP contribution in [0.15, 0.2) is 35.7 Å². The number of halogens is 1. The second-order valence-corrected chi connectivity index (χ2v) is 8.99. The Hall–Kier alpha value is -2.78. The van der Waals surface area contributed by atoms with E-state index in [2.05, 4.69) is 25.0 Å². The molecule has 2 aromatic rings. The molecule has 2 aromatic heterocycles.